The highest BCUT2D eigenvalue weighted by molar-refractivity contribution is 5.87. The zero-order valence-corrected chi connectivity index (χ0v) is 8.23. The van der Waals surface area contributed by atoms with Crippen LogP contribution in [0.2, 0.25) is 0 Å². The van der Waals surface area contributed by atoms with Gasteiger partial charge in [-0.2, -0.15) is 0 Å². The minimum Gasteiger partial charge on any atom is -0.365 e. The molecule has 0 saturated carbocycles. The topological polar surface area (TPSA) is 63.0 Å². The number of fused-ring (bicyclic) bond motifs is 1. The molecule has 0 bridgehead atoms. The average molecular weight is 204 g/mol. The highest BCUT2D eigenvalue weighted by atomic mass is 16.5. The third-order valence-corrected chi connectivity index (χ3v) is 2.68. The van der Waals surface area contributed by atoms with E-state index in [2.05, 4.69) is 20.8 Å². The van der Waals surface area contributed by atoms with Gasteiger partial charge in [-0.05, 0) is 13.0 Å². The standard InChI is InChI=1S/C10H12N4O/c1-3-11-5-7(1)14-10-8-6-13-15-9(8)2-4-12-10/h2,4,6-7,11H,1,3,5H2,(H,12,14). The number of anilines is 1. The fourth-order valence-corrected chi connectivity index (χ4v) is 1.88. The summed E-state index contributed by atoms with van der Waals surface area (Å²) in [5.74, 6) is 0.863. The minimum absolute atomic E-state index is 0.456. The first-order chi connectivity index (χ1) is 7.43. The second-order valence-electron chi connectivity index (χ2n) is 3.73. The molecule has 3 rings (SSSR count). The molecule has 1 saturated heterocycles. The summed E-state index contributed by atoms with van der Waals surface area (Å²) in [6.45, 7) is 2.06. The first-order valence-corrected chi connectivity index (χ1v) is 5.10. The largest absolute Gasteiger partial charge is 0.365 e. The van der Waals surface area contributed by atoms with Gasteiger partial charge in [-0.25, -0.2) is 4.98 Å². The van der Waals surface area contributed by atoms with Crippen LogP contribution >= 0.6 is 0 Å². The molecule has 0 spiro atoms. The molecular formula is C10H12N4O. The van der Waals surface area contributed by atoms with Crippen molar-refractivity contribution in [1.82, 2.24) is 15.5 Å². The maximum atomic E-state index is 5.08. The van der Waals surface area contributed by atoms with Gasteiger partial charge < -0.3 is 15.2 Å². The summed E-state index contributed by atoms with van der Waals surface area (Å²) in [6, 6.07) is 2.28. The fraction of sp³-hybridized carbons (Fsp3) is 0.400. The lowest BCUT2D eigenvalue weighted by molar-refractivity contribution is 0.456. The molecule has 5 nitrogen and oxygen atoms in total. The average Bonchev–Trinajstić information content (AvgIpc) is 2.87. The molecule has 1 fully saturated rings. The highest BCUT2D eigenvalue weighted by Gasteiger charge is 2.16. The summed E-state index contributed by atoms with van der Waals surface area (Å²) < 4.78 is 5.08. The lowest BCUT2D eigenvalue weighted by atomic mass is 10.2. The van der Waals surface area contributed by atoms with Crippen molar-refractivity contribution in [1.29, 1.82) is 0 Å². The first-order valence-electron chi connectivity index (χ1n) is 5.10. The van der Waals surface area contributed by atoms with Gasteiger partial charge in [0.25, 0.3) is 0 Å². The maximum Gasteiger partial charge on any atom is 0.172 e. The molecule has 1 unspecified atom stereocenters. The van der Waals surface area contributed by atoms with E-state index in [1.807, 2.05) is 6.07 Å². The molecule has 78 valence electrons. The maximum absolute atomic E-state index is 5.08. The van der Waals surface area contributed by atoms with Gasteiger partial charge in [-0.15, -0.1) is 0 Å². The van der Waals surface area contributed by atoms with E-state index in [4.69, 9.17) is 4.52 Å². The van der Waals surface area contributed by atoms with Crippen LogP contribution in [0.25, 0.3) is 11.0 Å². The van der Waals surface area contributed by atoms with E-state index in [0.717, 1.165) is 36.3 Å². The second kappa shape index (κ2) is 3.51. The number of aromatic nitrogens is 2. The summed E-state index contributed by atoms with van der Waals surface area (Å²) in [6.07, 6.45) is 4.56. The number of nitrogens with zero attached hydrogens (tertiary/aromatic N) is 2. The van der Waals surface area contributed by atoms with Gasteiger partial charge in [0.2, 0.25) is 0 Å². The van der Waals surface area contributed by atoms with Crippen LogP contribution in [0.5, 0.6) is 0 Å². The van der Waals surface area contributed by atoms with Crippen molar-refractivity contribution in [3.63, 3.8) is 0 Å². The zero-order chi connectivity index (χ0) is 10.1. The van der Waals surface area contributed by atoms with E-state index in [1.165, 1.54) is 0 Å². The fourth-order valence-electron chi connectivity index (χ4n) is 1.88. The molecule has 5 heteroatoms. The van der Waals surface area contributed by atoms with E-state index in [0.29, 0.717) is 6.04 Å². The van der Waals surface area contributed by atoms with Crippen molar-refractivity contribution >= 4 is 16.8 Å². The Kier molecular flexibility index (Phi) is 2.03. The molecule has 0 amide bonds. The number of hydrogen-bond acceptors (Lipinski definition) is 5. The lowest BCUT2D eigenvalue weighted by Crippen LogP contribution is -2.22. The number of rotatable bonds is 2. The van der Waals surface area contributed by atoms with Crippen LogP contribution in [0.1, 0.15) is 6.42 Å². The van der Waals surface area contributed by atoms with Crippen LogP contribution in [0.15, 0.2) is 23.0 Å². The Labute approximate surface area is 86.9 Å². The van der Waals surface area contributed by atoms with E-state index in [-0.39, 0.29) is 0 Å². The molecule has 2 aromatic heterocycles. The Hall–Kier alpha value is -1.62. The van der Waals surface area contributed by atoms with Crippen molar-refractivity contribution < 1.29 is 4.52 Å². The van der Waals surface area contributed by atoms with E-state index in [1.54, 1.807) is 12.4 Å². The number of nitrogens with one attached hydrogen (secondary N) is 2. The van der Waals surface area contributed by atoms with Gasteiger partial charge in [0.15, 0.2) is 5.58 Å². The van der Waals surface area contributed by atoms with Crippen LogP contribution < -0.4 is 10.6 Å². The summed E-state index contributed by atoms with van der Waals surface area (Å²) in [4.78, 5) is 4.30. The minimum atomic E-state index is 0.456. The Bertz CT molecular complexity index is 461. The highest BCUT2D eigenvalue weighted by Crippen LogP contribution is 2.21. The van der Waals surface area contributed by atoms with Gasteiger partial charge in [-0.3, -0.25) is 0 Å². The zero-order valence-electron chi connectivity index (χ0n) is 8.23. The molecule has 15 heavy (non-hydrogen) atoms. The van der Waals surface area contributed by atoms with Crippen LogP contribution in [0.4, 0.5) is 5.82 Å². The van der Waals surface area contributed by atoms with E-state index >= 15 is 0 Å². The van der Waals surface area contributed by atoms with Crippen LogP contribution in [-0.2, 0) is 0 Å². The molecule has 3 heterocycles. The molecular weight excluding hydrogens is 192 g/mol. The quantitative estimate of drug-likeness (QED) is 0.764. The second-order valence-corrected chi connectivity index (χ2v) is 3.73. The molecule has 2 N–H and O–H groups in total. The van der Waals surface area contributed by atoms with Crippen molar-refractivity contribution in [2.24, 2.45) is 0 Å². The van der Waals surface area contributed by atoms with Gasteiger partial charge in [0.05, 0.1) is 11.6 Å². The molecule has 0 aliphatic carbocycles. The predicted molar refractivity (Wildman–Crippen MR) is 56.7 cm³/mol. The lowest BCUT2D eigenvalue weighted by Gasteiger charge is -2.11. The Balaban J connectivity index is 1.92. The van der Waals surface area contributed by atoms with Crippen molar-refractivity contribution in [3.05, 3.63) is 18.5 Å². The van der Waals surface area contributed by atoms with Gasteiger partial charge in [-0.1, -0.05) is 5.16 Å². The summed E-state index contributed by atoms with van der Waals surface area (Å²) in [5, 5.41) is 11.4. The van der Waals surface area contributed by atoms with Gasteiger partial charge >= 0.3 is 0 Å². The van der Waals surface area contributed by atoms with E-state index < -0.39 is 0 Å². The molecule has 0 aromatic carbocycles. The Morgan fingerprint density at radius 1 is 1.53 bits per heavy atom. The summed E-state index contributed by atoms with van der Waals surface area (Å²) >= 11 is 0. The molecule has 0 radical (unpaired) electrons. The third kappa shape index (κ3) is 1.55. The van der Waals surface area contributed by atoms with Gasteiger partial charge in [0.1, 0.15) is 5.82 Å². The van der Waals surface area contributed by atoms with Gasteiger partial charge in [0, 0.05) is 24.8 Å². The van der Waals surface area contributed by atoms with Crippen LogP contribution in [0.3, 0.4) is 0 Å². The molecule has 1 aliphatic heterocycles. The molecule has 1 aliphatic rings. The van der Waals surface area contributed by atoms with Crippen LogP contribution in [0, 0.1) is 0 Å². The molecule has 2 aromatic rings. The van der Waals surface area contributed by atoms with Crippen LogP contribution in [-0.4, -0.2) is 29.3 Å². The normalized spacial score (nSPS) is 20.9. The SMILES string of the molecule is c1cc2oncc2c(NC2CCNC2)n1. The third-order valence-electron chi connectivity index (χ3n) is 2.68. The summed E-state index contributed by atoms with van der Waals surface area (Å²) in [7, 11) is 0. The number of hydrogen-bond donors (Lipinski definition) is 2. The Morgan fingerprint density at radius 3 is 3.40 bits per heavy atom. The smallest absolute Gasteiger partial charge is 0.172 e. The van der Waals surface area contributed by atoms with E-state index in [9.17, 15) is 0 Å². The first kappa shape index (κ1) is 8.67. The van der Waals surface area contributed by atoms with Crippen molar-refractivity contribution in [2.75, 3.05) is 18.4 Å². The molecule has 1 atom stereocenters. The van der Waals surface area contributed by atoms with Crippen molar-refractivity contribution in [3.8, 4) is 0 Å². The number of pyridine rings is 1. The predicted octanol–water partition coefficient (Wildman–Crippen LogP) is 0.997. The van der Waals surface area contributed by atoms with Crippen molar-refractivity contribution in [2.45, 2.75) is 12.5 Å². The summed E-state index contributed by atoms with van der Waals surface area (Å²) in [5.41, 5.74) is 0.776. The Morgan fingerprint density at radius 2 is 2.53 bits per heavy atom. The monoisotopic (exact) mass is 204 g/mol.